The second-order valence-electron chi connectivity index (χ2n) is 5.53. The molecule has 0 radical (unpaired) electrons. The molecule has 0 spiro atoms. The van der Waals surface area contributed by atoms with Crippen LogP contribution in [0.15, 0.2) is 18.2 Å². The highest BCUT2D eigenvalue weighted by Crippen LogP contribution is 2.33. The molecule has 2 heterocycles. The van der Waals surface area contributed by atoms with Crippen LogP contribution in [0.3, 0.4) is 0 Å². The van der Waals surface area contributed by atoms with Gasteiger partial charge in [0.25, 0.3) is 0 Å². The molecule has 3 rings (SSSR count). The van der Waals surface area contributed by atoms with Crippen molar-refractivity contribution in [3.05, 3.63) is 52.0 Å². The second kappa shape index (κ2) is 6.06. The van der Waals surface area contributed by atoms with Crippen molar-refractivity contribution in [2.45, 2.75) is 38.7 Å². The topological polar surface area (TPSA) is 37.8 Å². The average molecular weight is 299 g/mol. The van der Waals surface area contributed by atoms with Crippen molar-refractivity contribution in [1.82, 2.24) is 9.97 Å². The van der Waals surface area contributed by atoms with Crippen LogP contribution in [0.5, 0.6) is 0 Å². The van der Waals surface area contributed by atoms with Crippen LogP contribution in [0.4, 0.5) is 5.82 Å². The summed E-state index contributed by atoms with van der Waals surface area (Å²) in [5.74, 6) is 4.00. The Morgan fingerprint density at radius 1 is 1.14 bits per heavy atom. The molecule has 0 bridgehead atoms. The number of nitrogens with one attached hydrogen (secondary N) is 1. The maximum Gasteiger partial charge on any atom is 0.135 e. The van der Waals surface area contributed by atoms with Crippen LogP contribution in [-0.2, 0) is 17.9 Å². The first-order chi connectivity index (χ1) is 10.2. The van der Waals surface area contributed by atoms with E-state index < -0.39 is 0 Å². The minimum absolute atomic E-state index is 0.803. The van der Waals surface area contributed by atoms with Crippen molar-refractivity contribution < 1.29 is 0 Å². The Morgan fingerprint density at radius 2 is 2.00 bits per heavy atom. The zero-order valence-electron chi connectivity index (χ0n) is 12.9. The molecule has 1 aromatic carbocycles. The molecule has 110 valence electrons. The Bertz CT molecular complexity index is 667. The van der Waals surface area contributed by atoms with Crippen LogP contribution in [0.2, 0.25) is 0 Å². The molecule has 2 aromatic rings. The molecule has 1 N–H and O–H groups in total. The maximum absolute atomic E-state index is 4.77. The summed E-state index contributed by atoms with van der Waals surface area (Å²) in [4.78, 5) is 9.52. The molecule has 0 saturated heterocycles. The highest BCUT2D eigenvalue weighted by molar-refractivity contribution is 7.98. The Morgan fingerprint density at radius 3 is 2.76 bits per heavy atom. The zero-order chi connectivity index (χ0) is 14.8. The van der Waals surface area contributed by atoms with Crippen LogP contribution in [-0.4, -0.2) is 16.5 Å². The molecule has 0 fully saturated rings. The number of aryl methyl sites for hydroxylation is 2. The number of fused-ring (bicyclic) bond motifs is 1. The Balaban J connectivity index is 1.91. The van der Waals surface area contributed by atoms with Gasteiger partial charge in [-0.1, -0.05) is 18.2 Å². The minimum atomic E-state index is 0.803. The van der Waals surface area contributed by atoms with Gasteiger partial charge in [0.2, 0.25) is 0 Å². The molecule has 21 heavy (non-hydrogen) atoms. The highest BCUT2D eigenvalue weighted by atomic mass is 32.2. The normalized spacial score (nSPS) is 13.3. The standard InChI is InChI=1S/C17H21N3S/c1-4-18-17-14-9-21-10-15(14)19-16(20-17)8-13-6-5-11(2)12(3)7-13/h5-7H,4,8-10H2,1-3H3,(H,18,19,20). The third kappa shape index (κ3) is 3.05. The largest absolute Gasteiger partial charge is 0.370 e. The molecule has 0 unspecified atom stereocenters. The number of thioether (sulfide) groups is 1. The van der Waals surface area contributed by atoms with E-state index in [-0.39, 0.29) is 0 Å². The summed E-state index contributed by atoms with van der Waals surface area (Å²) < 4.78 is 0. The quantitative estimate of drug-likeness (QED) is 0.930. The van der Waals surface area contributed by atoms with Crippen molar-refractivity contribution in [3.63, 3.8) is 0 Å². The van der Waals surface area contributed by atoms with Crippen LogP contribution in [0.1, 0.15) is 40.7 Å². The van der Waals surface area contributed by atoms with E-state index in [0.717, 1.165) is 36.1 Å². The van der Waals surface area contributed by atoms with Gasteiger partial charge in [-0.25, -0.2) is 9.97 Å². The lowest BCUT2D eigenvalue weighted by Crippen LogP contribution is -2.09. The molecule has 0 saturated carbocycles. The van der Waals surface area contributed by atoms with Crippen LogP contribution < -0.4 is 5.32 Å². The zero-order valence-corrected chi connectivity index (χ0v) is 13.7. The summed E-state index contributed by atoms with van der Waals surface area (Å²) in [6, 6.07) is 6.60. The Hall–Kier alpha value is -1.55. The van der Waals surface area contributed by atoms with Crippen molar-refractivity contribution in [2.24, 2.45) is 0 Å². The predicted octanol–water partition coefficient (Wildman–Crippen LogP) is 3.86. The first kappa shape index (κ1) is 14.4. The van der Waals surface area contributed by atoms with E-state index in [9.17, 15) is 0 Å². The molecule has 3 nitrogen and oxygen atoms in total. The smallest absolute Gasteiger partial charge is 0.135 e. The first-order valence-electron chi connectivity index (χ1n) is 7.43. The molecule has 1 aliphatic heterocycles. The number of rotatable bonds is 4. The summed E-state index contributed by atoms with van der Waals surface area (Å²) in [6.07, 6.45) is 0.803. The molecular weight excluding hydrogens is 278 g/mol. The summed E-state index contributed by atoms with van der Waals surface area (Å²) in [6.45, 7) is 7.31. The van der Waals surface area contributed by atoms with Gasteiger partial charge < -0.3 is 5.32 Å². The van der Waals surface area contributed by atoms with E-state index in [1.807, 2.05) is 11.8 Å². The fourth-order valence-electron chi connectivity index (χ4n) is 2.59. The van der Waals surface area contributed by atoms with Gasteiger partial charge in [-0.15, -0.1) is 0 Å². The lowest BCUT2D eigenvalue weighted by Gasteiger charge is -2.11. The molecule has 0 amide bonds. The third-order valence-electron chi connectivity index (χ3n) is 3.90. The van der Waals surface area contributed by atoms with E-state index in [0.29, 0.717) is 0 Å². The van der Waals surface area contributed by atoms with Gasteiger partial charge in [0.05, 0.1) is 5.69 Å². The molecule has 1 aromatic heterocycles. The monoisotopic (exact) mass is 299 g/mol. The Labute approximate surface area is 130 Å². The predicted molar refractivity (Wildman–Crippen MR) is 89.9 cm³/mol. The summed E-state index contributed by atoms with van der Waals surface area (Å²) in [7, 11) is 0. The molecular formula is C17H21N3S. The fraction of sp³-hybridized carbons (Fsp3) is 0.412. The lowest BCUT2D eigenvalue weighted by molar-refractivity contribution is 0.922. The summed E-state index contributed by atoms with van der Waals surface area (Å²) in [5, 5.41) is 3.39. The summed E-state index contributed by atoms with van der Waals surface area (Å²) >= 11 is 1.92. The average Bonchev–Trinajstić information content (AvgIpc) is 2.92. The van der Waals surface area contributed by atoms with Crippen LogP contribution in [0, 0.1) is 13.8 Å². The van der Waals surface area contributed by atoms with E-state index >= 15 is 0 Å². The van der Waals surface area contributed by atoms with E-state index in [4.69, 9.17) is 9.97 Å². The van der Waals surface area contributed by atoms with Crippen LogP contribution >= 0.6 is 11.8 Å². The summed E-state index contributed by atoms with van der Waals surface area (Å²) in [5.41, 5.74) is 6.45. The van der Waals surface area contributed by atoms with Crippen molar-refractivity contribution in [2.75, 3.05) is 11.9 Å². The molecule has 4 heteroatoms. The van der Waals surface area contributed by atoms with E-state index in [1.54, 1.807) is 0 Å². The fourth-order valence-corrected chi connectivity index (χ4v) is 3.63. The van der Waals surface area contributed by atoms with E-state index in [1.165, 1.54) is 27.9 Å². The molecule has 0 atom stereocenters. The van der Waals surface area contributed by atoms with Crippen LogP contribution in [0.25, 0.3) is 0 Å². The number of anilines is 1. The number of benzene rings is 1. The van der Waals surface area contributed by atoms with Crippen molar-refractivity contribution >= 4 is 17.6 Å². The highest BCUT2D eigenvalue weighted by Gasteiger charge is 2.19. The van der Waals surface area contributed by atoms with Gasteiger partial charge >= 0.3 is 0 Å². The van der Waals surface area contributed by atoms with Gasteiger partial charge in [-0.3, -0.25) is 0 Å². The number of aromatic nitrogens is 2. The van der Waals surface area contributed by atoms with Gasteiger partial charge in [0.15, 0.2) is 0 Å². The number of nitrogens with zero attached hydrogens (tertiary/aromatic N) is 2. The maximum atomic E-state index is 4.77. The van der Waals surface area contributed by atoms with E-state index in [2.05, 4.69) is 44.3 Å². The minimum Gasteiger partial charge on any atom is -0.370 e. The van der Waals surface area contributed by atoms with Crippen molar-refractivity contribution in [1.29, 1.82) is 0 Å². The number of hydrogen-bond donors (Lipinski definition) is 1. The SMILES string of the molecule is CCNc1nc(Cc2ccc(C)c(C)c2)nc2c1CSC2. The second-order valence-corrected chi connectivity index (χ2v) is 6.52. The van der Waals surface area contributed by atoms with Gasteiger partial charge in [-0.05, 0) is 37.5 Å². The van der Waals surface area contributed by atoms with Gasteiger partial charge in [0, 0.05) is 30.0 Å². The lowest BCUT2D eigenvalue weighted by atomic mass is 10.0. The molecule has 0 aliphatic carbocycles. The Kier molecular flexibility index (Phi) is 4.15. The number of hydrogen-bond acceptors (Lipinski definition) is 4. The van der Waals surface area contributed by atoms with Crippen molar-refractivity contribution in [3.8, 4) is 0 Å². The van der Waals surface area contributed by atoms with Gasteiger partial charge in [0.1, 0.15) is 11.6 Å². The molecule has 1 aliphatic rings. The first-order valence-corrected chi connectivity index (χ1v) is 8.59. The third-order valence-corrected chi connectivity index (χ3v) is 4.87. The van der Waals surface area contributed by atoms with Gasteiger partial charge in [-0.2, -0.15) is 11.8 Å².